The largest absolute Gasteiger partial charge is 0.311 e. The molecule has 0 bridgehead atoms. The molecule has 0 amide bonds. The second-order valence-corrected chi connectivity index (χ2v) is 9.67. The van der Waals surface area contributed by atoms with Crippen molar-refractivity contribution < 1.29 is 0 Å². The first kappa shape index (κ1) is 32.4. The lowest BCUT2D eigenvalue weighted by Crippen LogP contribution is -2.22. The van der Waals surface area contributed by atoms with E-state index >= 15 is 0 Å². The van der Waals surface area contributed by atoms with E-state index in [0.29, 0.717) is 5.41 Å². The lowest BCUT2D eigenvalue weighted by Gasteiger charge is -2.13. The summed E-state index contributed by atoms with van der Waals surface area (Å²) >= 11 is 1.87. The summed E-state index contributed by atoms with van der Waals surface area (Å²) in [5.74, 6) is 0. The maximum atomic E-state index is 4.70. The number of thiazole rings is 1. The molecule has 0 aromatic carbocycles. The SMILES string of the molecule is C.CC.CC.CC(C)(C)C.CC(C)(C)c1nc2c(s1)CNCC2.c1ccncc1. The molecular formula is C25H49N3S. The minimum Gasteiger partial charge on any atom is -0.311 e. The van der Waals surface area contributed by atoms with E-state index in [2.05, 4.69) is 58.8 Å². The maximum absolute atomic E-state index is 4.70. The average molecular weight is 424 g/mol. The standard InChI is InChI=1S/C10H16N2S.C5H5N.C5H12.2C2H6.CH4/c1-10(2,3)9-12-7-4-5-11-6-8(7)13-9;1-2-4-6-5-3-1;1-5(2,3)4;2*1-2;/h11H,4-6H2,1-3H3;1-5H;1-4H3;2*1-2H3;1H4. The van der Waals surface area contributed by atoms with Crippen LogP contribution in [0.25, 0.3) is 0 Å². The highest BCUT2D eigenvalue weighted by Crippen LogP contribution is 2.30. The number of fused-ring (bicyclic) bond motifs is 1. The zero-order valence-electron chi connectivity index (χ0n) is 20.3. The van der Waals surface area contributed by atoms with Gasteiger partial charge in [-0.2, -0.15) is 0 Å². The molecule has 0 spiro atoms. The number of rotatable bonds is 0. The molecule has 2 aromatic heterocycles. The Labute approximate surface area is 186 Å². The van der Waals surface area contributed by atoms with Crippen LogP contribution in [0.15, 0.2) is 30.6 Å². The van der Waals surface area contributed by atoms with Gasteiger partial charge in [0.2, 0.25) is 0 Å². The number of hydrogen-bond donors (Lipinski definition) is 1. The third kappa shape index (κ3) is 18.5. The van der Waals surface area contributed by atoms with Gasteiger partial charge < -0.3 is 5.32 Å². The van der Waals surface area contributed by atoms with E-state index in [1.807, 2.05) is 57.2 Å². The van der Waals surface area contributed by atoms with Crippen LogP contribution < -0.4 is 5.32 Å². The molecule has 1 aliphatic rings. The molecule has 1 aliphatic heterocycles. The van der Waals surface area contributed by atoms with Gasteiger partial charge in [-0.15, -0.1) is 11.3 Å². The summed E-state index contributed by atoms with van der Waals surface area (Å²) in [5.41, 5.74) is 2.04. The maximum Gasteiger partial charge on any atom is 0.0985 e. The first-order valence-electron chi connectivity index (χ1n) is 10.6. The van der Waals surface area contributed by atoms with E-state index in [1.165, 1.54) is 15.6 Å². The molecule has 3 nitrogen and oxygen atoms in total. The summed E-state index contributed by atoms with van der Waals surface area (Å²) in [5, 5.41) is 4.66. The molecule has 4 heteroatoms. The second kappa shape index (κ2) is 17.6. The Bertz CT molecular complexity index is 522. The molecule has 3 heterocycles. The van der Waals surface area contributed by atoms with Crippen LogP contribution in [0.4, 0.5) is 0 Å². The van der Waals surface area contributed by atoms with Crippen LogP contribution in [0.1, 0.15) is 99.2 Å². The predicted octanol–water partition coefficient (Wildman–Crippen LogP) is 7.91. The fraction of sp³-hybridized carbons (Fsp3) is 0.680. The van der Waals surface area contributed by atoms with E-state index in [-0.39, 0.29) is 12.8 Å². The van der Waals surface area contributed by atoms with E-state index in [1.54, 1.807) is 12.4 Å². The third-order valence-electron chi connectivity index (χ3n) is 2.81. The van der Waals surface area contributed by atoms with Gasteiger partial charge in [-0.3, -0.25) is 4.98 Å². The Balaban J connectivity index is -0.000000358. The molecule has 170 valence electrons. The molecular weight excluding hydrogens is 374 g/mol. The monoisotopic (exact) mass is 423 g/mol. The zero-order chi connectivity index (χ0) is 22.2. The molecule has 3 rings (SSSR count). The fourth-order valence-corrected chi connectivity index (χ4v) is 2.89. The van der Waals surface area contributed by atoms with Crippen molar-refractivity contribution in [3.8, 4) is 0 Å². The highest BCUT2D eigenvalue weighted by atomic mass is 32.1. The Morgan fingerprint density at radius 3 is 1.66 bits per heavy atom. The Kier molecular flexibility index (Phi) is 19.7. The number of hydrogen-bond acceptors (Lipinski definition) is 4. The van der Waals surface area contributed by atoms with Crippen LogP contribution >= 0.6 is 11.3 Å². The number of aromatic nitrogens is 2. The topological polar surface area (TPSA) is 37.8 Å². The summed E-state index contributed by atoms with van der Waals surface area (Å²) in [6.45, 7) is 25.5. The molecule has 0 atom stereocenters. The van der Waals surface area contributed by atoms with E-state index < -0.39 is 0 Å². The van der Waals surface area contributed by atoms with Gasteiger partial charge in [0.1, 0.15) is 0 Å². The van der Waals surface area contributed by atoms with E-state index in [9.17, 15) is 0 Å². The molecule has 0 saturated heterocycles. The van der Waals surface area contributed by atoms with Crippen LogP contribution in [0.3, 0.4) is 0 Å². The zero-order valence-corrected chi connectivity index (χ0v) is 21.1. The van der Waals surface area contributed by atoms with Crippen LogP contribution in [0, 0.1) is 5.41 Å². The van der Waals surface area contributed by atoms with Gasteiger partial charge in [0.05, 0.1) is 10.7 Å². The Morgan fingerprint density at radius 2 is 1.34 bits per heavy atom. The summed E-state index contributed by atoms with van der Waals surface area (Å²) < 4.78 is 0. The molecule has 0 radical (unpaired) electrons. The first-order chi connectivity index (χ1) is 13.1. The molecule has 29 heavy (non-hydrogen) atoms. The minimum atomic E-state index is 0. The predicted molar refractivity (Wildman–Crippen MR) is 135 cm³/mol. The number of nitrogens with zero attached hydrogens (tertiary/aromatic N) is 2. The lowest BCUT2D eigenvalue weighted by molar-refractivity contribution is 0.469. The van der Waals surface area contributed by atoms with Crippen LogP contribution in [-0.2, 0) is 18.4 Å². The van der Waals surface area contributed by atoms with Gasteiger partial charge in [-0.1, -0.05) is 89.7 Å². The third-order valence-corrected chi connectivity index (χ3v) is 4.33. The van der Waals surface area contributed by atoms with Crippen molar-refractivity contribution >= 4 is 11.3 Å². The van der Waals surface area contributed by atoms with Gasteiger partial charge in [0.15, 0.2) is 0 Å². The van der Waals surface area contributed by atoms with Crippen LogP contribution in [-0.4, -0.2) is 16.5 Å². The quantitative estimate of drug-likeness (QED) is 0.468. The van der Waals surface area contributed by atoms with Crippen molar-refractivity contribution in [1.82, 2.24) is 15.3 Å². The summed E-state index contributed by atoms with van der Waals surface area (Å²) in [6.07, 6.45) is 4.60. The van der Waals surface area contributed by atoms with Crippen molar-refractivity contribution in [2.75, 3.05) is 6.54 Å². The average Bonchev–Trinajstić information content (AvgIpc) is 3.10. The summed E-state index contributed by atoms with van der Waals surface area (Å²) in [4.78, 5) is 9.93. The highest BCUT2D eigenvalue weighted by molar-refractivity contribution is 7.11. The molecule has 0 saturated carbocycles. The van der Waals surface area contributed by atoms with E-state index in [0.717, 1.165) is 19.5 Å². The van der Waals surface area contributed by atoms with Gasteiger partial charge in [-0.05, 0) is 17.5 Å². The molecule has 0 aliphatic carbocycles. The van der Waals surface area contributed by atoms with Crippen molar-refractivity contribution in [2.24, 2.45) is 5.41 Å². The summed E-state index contributed by atoms with van der Waals surface area (Å²) in [7, 11) is 0. The van der Waals surface area contributed by atoms with Crippen molar-refractivity contribution in [1.29, 1.82) is 0 Å². The fourth-order valence-electron chi connectivity index (χ4n) is 1.76. The molecule has 2 aromatic rings. The normalized spacial score (nSPS) is 11.8. The van der Waals surface area contributed by atoms with Gasteiger partial charge in [0.25, 0.3) is 0 Å². The van der Waals surface area contributed by atoms with Gasteiger partial charge in [-0.25, -0.2) is 4.98 Å². The van der Waals surface area contributed by atoms with Gasteiger partial charge in [0, 0.05) is 42.2 Å². The van der Waals surface area contributed by atoms with E-state index in [4.69, 9.17) is 4.98 Å². The van der Waals surface area contributed by atoms with Crippen molar-refractivity contribution in [2.45, 2.75) is 102 Å². The highest BCUT2D eigenvalue weighted by Gasteiger charge is 2.22. The minimum absolute atomic E-state index is 0. The smallest absolute Gasteiger partial charge is 0.0985 e. The lowest BCUT2D eigenvalue weighted by atomic mass is 9.98. The van der Waals surface area contributed by atoms with Gasteiger partial charge >= 0.3 is 0 Å². The molecule has 1 N–H and O–H groups in total. The number of nitrogens with one attached hydrogen (secondary N) is 1. The van der Waals surface area contributed by atoms with Crippen molar-refractivity contribution in [3.05, 3.63) is 46.2 Å². The second-order valence-electron chi connectivity index (χ2n) is 8.59. The Hall–Kier alpha value is -1.26. The van der Waals surface area contributed by atoms with Crippen molar-refractivity contribution in [3.63, 3.8) is 0 Å². The molecule has 0 fully saturated rings. The Morgan fingerprint density at radius 1 is 0.862 bits per heavy atom. The van der Waals surface area contributed by atoms with Crippen LogP contribution in [0.5, 0.6) is 0 Å². The van der Waals surface area contributed by atoms with Crippen LogP contribution in [0.2, 0.25) is 0 Å². The number of pyridine rings is 1. The first-order valence-corrected chi connectivity index (χ1v) is 11.4. The summed E-state index contributed by atoms with van der Waals surface area (Å²) in [6, 6.07) is 5.72. The molecule has 0 unspecified atom stereocenters.